The zero-order chi connectivity index (χ0) is 28.9. The van der Waals surface area contributed by atoms with Crippen LogP contribution in [0.4, 0.5) is 11.4 Å². The summed E-state index contributed by atoms with van der Waals surface area (Å²) in [7, 11) is 4.36. The van der Waals surface area contributed by atoms with Crippen LogP contribution < -0.4 is 20.3 Å². The Hall–Kier alpha value is -4.74. The summed E-state index contributed by atoms with van der Waals surface area (Å²) in [5.41, 5.74) is 4.30. The molecular formula is C30H29N5O5S. The molecule has 2 N–H and O–H groups in total. The minimum Gasteiger partial charge on any atom is -0.495 e. The standard InChI is InChI=1S/C30H29N5O5S/c1-38-18-26(36)32-23-17-21(13-14-25(23)39-2)35-28(27(33-30(35)41)22-7-4-5-15-31-22)24-8-6-16-34(24)20-11-9-19(10-12-20)29(37)40-3/h4-17,27-28H,18H2,1-3H3,(H,32,36)(H,33,41). The van der Waals surface area contributed by atoms with E-state index in [-0.39, 0.29) is 24.6 Å². The summed E-state index contributed by atoms with van der Waals surface area (Å²) >= 11 is 5.89. The molecule has 1 fully saturated rings. The van der Waals surface area contributed by atoms with E-state index in [4.69, 9.17) is 26.4 Å². The molecule has 2 aromatic heterocycles. The molecule has 10 nitrogen and oxygen atoms in total. The molecule has 0 saturated carbocycles. The van der Waals surface area contributed by atoms with Gasteiger partial charge in [0.1, 0.15) is 18.4 Å². The highest BCUT2D eigenvalue weighted by Crippen LogP contribution is 2.43. The van der Waals surface area contributed by atoms with Gasteiger partial charge in [-0.25, -0.2) is 4.79 Å². The third-order valence-corrected chi connectivity index (χ3v) is 7.07. The fourth-order valence-electron chi connectivity index (χ4n) is 4.94. The van der Waals surface area contributed by atoms with E-state index in [0.29, 0.717) is 22.1 Å². The number of anilines is 2. The minimum atomic E-state index is -0.399. The second kappa shape index (κ2) is 12.2. The van der Waals surface area contributed by atoms with Crippen LogP contribution in [0.2, 0.25) is 0 Å². The lowest BCUT2D eigenvalue weighted by atomic mass is 10.0. The normalized spacial score (nSPS) is 16.3. The van der Waals surface area contributed by atoms with E-state index in [1.54, 1.807) is 31.5 Å². The van der Waals surface area contributed by atoms with Gasteiger partial charge in [0.2, 0.25) is 5.91 Å². The zero-order valence-electron chi connectivity index (χ0n) is 22.7. The smallest absolute Gasteiger partial charge is 0.337 e. The highest BCUT2D eigenvalue weighted by Gasteiger charge is 2.42. The Morgan fingerprint density at radius 1 is 1.00 bits per heavy atom. The van der Waals surface area contributed by atoms with Crippen molar-refractivity contribution in [1.29, 1.82) is 0 Å². The molecule has 5 rings (SSSR count). The number of hydrogen-bond acceptors (Lipinski definition) is 7. The maximum atomic E-state index is 12.4. The second-order valence-corrected chi connectivity index (χ2v) is 9.59. The number of rotatable bonds is 9. The Labute approximate surface area is 242 Å². The molecule has 11 heteroatoms. The number of benzene rings is 2. The van der Waals surface area contributed by atoms with E-state index in [1.165, 1.54) is 14.2 Å². The summed E-state index contributed by atoms with van der Waals surface area (Å²) in [6.07, 6.45) is 3.71. The lowest BCUT2D eigenvalue weighted by Crippen LogP contribution is -2.30. The predicted octanol–water partition coefficient (Wildman–Crippen LogP) is 4.43. The molecule has 0 radical (unpaired) electrons. The van der Waals surface area contributed by atoms with E-state index in [9.17, 15) is 9.59 Å². The molecule has 0 bridgehead atoms. The molecule has 1 saturated heterocycles. The second-order valence-electron chi connectivity index (χ2n) is 9.20. The number of pyridine rings is 1. The Kier molecular flexibility index (Phi) is 8.27. The van der Waals surface area contributed by atoms with Crippen molar-refractivity contribution in [1.82, 2.24) is 14.9 Å². The molecule has 3 heterocycles. The maximum Gasteiger partial charge on any atom is 0.337 e. The van der Waals surface area contributed by atoms with Crippen molar-refractivity contribution in [2.45, 2.75) is 12.1 Å². The van der Waals surface area contributed by atoms with Crippen LogP contribution in [0.3, 0.4) is 0 Å². The summed E-state index contributed by atoms with van der Waals surface area (Å²) in [5, 5.41) is 6.81. The summed E-state index contributed by atoms with van der Waals surface area (Å²) in [6.45, 7) is -0.0935. The van der Waals surface area contributed by atoms with Crippen LogP contribution in [0.25, 0.3) is 5.69 Å². The van der Waals surface area contributed by atoms with Gasteiger partial charge in [0.05, 0.1) is 37.2 Å². The number of methoxy groups -OCH3 is 3. The number of carbonyl (C=O) groups excluding carboxylic acids is 2. The third kappa shape index (κ3) is 5.63. The zero-order valence-corrected chi connectivity index (χ0v) is 23.6. The highest BCUT2D eigenvalue weighted by molar-refractivity contribution is 7.80. The molecule has 41 heavy (non-hydrogen) atoms. The molecule has 4 aromatic rings. The van der Waals surface area contributed by atoms with Gasteiger partial charge < -0.3 is 34.3 Å². The van der Waals surface area contributed by atoms with Crippen LogP contribution in [0.1, 0.15) is 33.8 Å². The Morgan fingerprint density at radius 3 is 2.46 bits per heavy atom. The number of nitrogens with zero attached hydrogens (tertiary/aromatic N) is 3. The summed E-state index contributed by atoms with van der Waals surface area (Å²) < 4.78 is 17.4. The van der Waals surface area contributed by atoms with E-state index in [2.05, 4.69) is 20.2 Å². The van der Waals surface area contributed by atoms with Gasteiger partial charge in [-0.3, -0.25) is 9.78 Å². The molecule has 0 spiro atoms. The number of ether oxygens (including phenoxy) is 3. The fraction of sp³-hybridized carbons (Fsp3) is 0.200. The van der Waals surface area contributed by atoms with Crippen LogP contribution in [0, 0.1) is 0 Å². The monoisotopic (exact) mass is 571 g/mol. The molecular weight excluding hydrogens is 542 g/mol. The average molecular weight is 572 g/mol. The van der Waals surface area contributed by atoms with Crippen molar-refractivity contribution in [3.8, 4) is 11.4 Å². The molecule has 1 amide bonds. The van der Waals surface area contributed by atoms with Crippen LogP contribution in [-0.4, -0.2) is 54.5 Å². The molecule has 1 aliphatic rings. The molecule has 1 aliphatic heterocycles. The number of esters is 1. The molecule has 2 atom stereocenters. The van der Waals surface area contributed by atoms with E-state index in [1.807, 2.05) is 65.7 Å². The number of carbonyl (C=O) groups is 2. The number of amides is 1. The quantitative estimate of drug-likeness (QED) is 0.223. The van der Waals surface area contributed by atoms with Gasteiger partial charge in [0.25, 0.3) is 0 Å². The lowest BCUT2D eigenvalue weighted by Gasteiger charge is -2.29. The van der Waals surface area contributed by atoms with Gasteiger partial charge >= 0.3 is 5.97 Å². The SMILES string of the molecule is COCC(=O)Nc1cc(N2C(=S)NC(c3ccccn3)C2c2cccn2-c2ccc(C(=O)OC)cc2)ccc1OC. The van der Waals surface area contributed by atoms with Crippen molar-refractivity contribution in [3.63, 3.8) is 0 Å². The van der Waals surface area contributed by atoms with Gasteiger partial charge in [0, 0.05) is 36.6 Å². The van der Waals surface area contributed by atoms with Gasteiger partial charge in [0.15, 0.2) is 5.11 Å². The molecule has 2 unspecified atom stereocenters. The molecule has 0 aliphatic carbocycles. The number of aromatic nitrogens is 2. The lowest BCUT2D eigenvalue weighted by molar-refractivity contribution is -0.119. The van der Waals surface area contributed by atoms with Gasteiger partial charge in [-0.15, -0.1) is 0 Å². The van der Waals surface area contributed by atoms with Crippen LogP contribution in [-0.2, 0) is 14.3 Å². The number of hydrogen-bond donors (Lipinski definition) is 2. The Balaban J connectivity index is 1.60. The topological polar surface area (TPSA) is 107 Å². The van der Waals surface area contributed by atoms with Gasteiger partial charge in [-0.05, 0) is 78.9 Å². The van der Waals surface area contributed by atoms with Crippen molar-refractivity contribution >= 4 is 40.6 Å². The largest absolute Gasteiger partial charge is 0.495 e. The minimum absolute atomic E-state index is 0.0935. The fourth-order valence-corrected chi connectivity index (χ4v) is 5.29. The van der Waals surface area contributed by atoms with Crippen molar-refractivity contribution in [2.24, 2.45) is 0 Å². The Bertz CT molecular complexity index is 1560. The first-order chi connectivity index (χ1) is 19.9. The van der Waals surface area contributed by atoms with E-state index < -0.39 is 5.97 Å². The number of thiocarbonyl (C=S) groups is 1. The van der Waals surface area contributed by atoms with E-state index >= 15 is 0 Å². The number of nitrogens with one attached hydrogen (secondary N) is 2. The Morgan fingerprint density at radius 2 is 1.78 bits per heavy atom. The first kappa shape index (κ1) is 27.8. The first-order valence-corrected chi connectivity index (χ1v) is 13.2. The predicted molar refractivity (Wildman–Crippen MR) is 159 cm³/mol. The first-order valence-electron chi connectivity index (χ1n) is 12.8. The van der Waals surface area contributed by atoms with Crippen molar-refractivity contribution < 1.29 is 23.8 Å². The maximum absolute atomic E-state index is 12.4. The van der Waals surface area contributed by atoms with Crippen LogP contribution in [0.15, 0.2) is 85.2 Å². The van der Waals surface area contributed by atoms with E-state index in [0.717, 1.165) is 22.8 Å². The molecule has 210 valence electrons. The van der Waals surface area contributed by atoms with Gasteiger partial charge in [-0.2, -0.15) is 0 Å². The van der Waals surface area contributed by atoms with Crippen molar-refractivity contribution in [3.05, 3.63) is 102 Å². The average Bonchev–Trinajstić information content (AvgIpc) is 3.61. The summed E-state index contributed by atoms with van der Waals surface area (Å²) in [6, 6.07) is 21.8. The van der Waals surface area contributed by atoms with Crippen LogP contribution >= 0.6 is 12.2 Å². The van der Waals surface area contributed by atoms with Crippen molar-refractivity contribution in [2.75, 3.05) is 38.2 Å². The summed E-state index contributed by atoms with van der Waals surface area (Å²) in [4.78, 5) is 31.0. The summed E-state index contributed by atoms with van der Waals surface area (Å²) in [5.74, 6) is -0.204. The molecule has 2 aromatic carbocycles. The highest BCUT2D eigenvalue weighted by atomic mass is 32.1. The third-order valence-electron chi connectivity index (χ3n) is 6.76. The van der Waals surface area contributed by atoms with Crippen LogP contribution in [0.5, 0.6) is 5.75 Å². The van der Waals surface area contributed by atoms with Gasteiger partial charge in [-0.1, -0.05) is 6.07 Å².